The van der Waals surface area contributed by atoms with Gasteiger partial charge in [-0.15, -0.1) is 0 Å². The molecule has 0 unspecified atom stereocenters. The van der Waals surface area contributed by atoms with E-state index in [-0.39, 0.29) is 5.91 Å². The topological polar surface area (TPSA) is 91.5 Å². The fourth-order valence-corrected chi connectivity index (χ4v) is 2.18. The van der Waals surface area contributed by atoms with E-state index >= 15 is 0 Å². The van der Waals surface area contributed by atoms with Gasteiger partial charge in [-0.25, -0.2) is 4.98 Å². The SMILES string of the molecule is CN=C(NCCNC(=O)c1ccc(Cl)cc1)NCc1nc(C)c(C)o1. The number of rotatable bonds is 6. The number of hydrogen-bond donors (Lipinski definition) is 3. The number of aryl methyl sites for hydroxylation is 2. The summed E-state index contributed by atoms with van der Waals surface area (Å²) < 4.78 is 5.50. The molecule has 1 amide bonds. The van der Waals surface area contributed by atoms with Crippen LogP contribution in [-0.4, -0.2) is 37.0 Å². The Labute approximate surface area is 151 Å². The number of hydrogen-bond acceptors (Lipinski definition) is 4. The second kappa shape index (κ2) is 9.08. The van der Waals surface area contributed by atoms with Crippen LogP contribution < -0.4 is 16.0 Å². The minimum Gasteiger partial charge on any atom is -0.444 e. The quantitative estimate of drug-likeness (QED) is 0.415. The lowest BCUT2D eigenvalue weighted by Gasteiger charge is -2.11. The first-order chi connectivity index (χ1) is 12.0. The third-order valence-corrected chi connectivity index (χ3v) is 3.76. The Morgan fingerprint density at radius 1 is 1.16 bits per heavy atom. The molecule has 2 rings (SSSR count). The zero-order valence-corrected chi connectivity index (χ0v) is 15.3. The number of benzene rings is 1. The van der Waals surface area contributed by atoms with Gasteiger partial charge in [0.1, 0.15) is 5.76 Å². The van der Waals surface area contributed by atoms with Gasteiger partial charge in [0, 0.05) is 30.7 Å². The second-order valence-electron chi connectivity index (χ2n) is 5.36. The summed E-state index contributed by atoms with van der Waals surface area (Å²) in [5.74, 6) is 1.88. The molecule has 3 N–H and O–H groups in total. The van der Waals surface area contributed by atoms with Gasteiger partial charge in [0.05, 0.1) is 12.2 Å². The Morgan fingerprint density at radius 2 is 1.84 bits per heavy atom. The van der Waals surface area contributed by atoms with E-state index in [4.69, 9.17) is 16.0 Å². The number of carbonyl (C=O) groups is 1. The first-order valence-corrected chi connectivity index (χ1v) is 8.28. The van der Waals surface area contributed by atoms with E-state index in [0.29, 0.717) is 42.1 Å². The Hall–Kier alpha value is -2.54. The van der Waals surface area contributed by atoms with Crippen molar-refractivity contribution in [1.29, 1.82) is 0 Å². The van der Waals surface area contributed by atoms with Crippen molar-refractivity contribution in [2.24, 2.45) is 4.99 Å². The average Bonchev–Trinajstić information content (AvgIpc) is 2.92. The van der Waals surface area contributed by atoms with Gasteiger partial charge in [-0.3, -0.25) is 9.79 Å². The second-order valence-corrected chi connectivity index (χ2v) is 5.80. The van der Waals surface area contributed by atoms with Crippen molar-refractivity contribution in [3.63, 3.8) is 0 Å². The van der Waals surface area contributed by atoms with Gasteiger partial charge in [-0.05, 0) is 38.1 Å². The van der Waals surface area contributed by atoms with Crippen molar-refractivity contribution in [1.82, 2.24) is 20.9 Å². The highest BCUT2D eigenvalue weighted by Gasteiger charge is 2.07. The number of nitrogens with one attached hydrogen (secondary N) is 3. The zero-order chi connectivity index (χ0) is 18.2. The van der Waals surface area contributed by atoms with Crippen LogP contribution in [-0.2, 0) is 6.54 Å². The van der Waals surface area contributed by atoms with Crippen LogP contribution in [0.5, 0.6) is 0 Å². The van der Waals surface area contributed by atoms with E-state index < -0.39 is 0 Å². The molecule has 7 nitrogen and oxygen atoms in total. The molecule has 0 saturated carbocycles. The Balaban J connectivity index is 1.70. The third-order valence-electron chi connectivity index (χ3n) is 3.51. The van der Waals surface area contributed by atoms with Crippen LogP contribution in [0.25, 0.3) is 0 Å². The Morgan fingerprint density at radius 3 is 2.44 bits per heavy atom. The molecule has 0 radical (unpaired) electrons. The first-order valence-electron chi connectivity index (χ1n) is 7.90. The molecule has 0 atom stereocenters. The number of amides is 1. The number of carbonyl (C=O) groups excluding carboxylic acids is 1. The van der Waals surface area contributed by atoms with Crippen LogP contribution in [0, 0.1) is 13.8 Å². The summed E-state index contributed by atoms with van der Waals surface area (Å²) in [7, 11) is 1.67. The molecule has 0 bridgehead atoms. The molecule has 134 valence electrons. The van der Waals surface area contributed by atoms with Gasteiger partial charge >= 0.3 is 0 Å². The summed E-state index contributed by atoms with van der Waals surface area (Å²) >= 11 is 5.80. The van der Waals surface area contributed by atoms with Crippen molar-refractivity contribution in [3.8, 4) is 0 Å². The first kappa shape index (κ1) is 18.8. The number of aliphatic imine (C=N–C) groups is 1. The number of aromatic nitrogens is 1. The number of halogens is 1. The van der Waals surface area contributed by atoms with Gasteiger partial charge in [-0.2, -0.15) is 0 Å². The predicted molar refractivity (Wildman–Crippen MR) is 98.0 cm³/mol. The number of nitrogens with zero attached hydrogens (tertiary/aromatic N) is 2. The summed E-state index contributed by atoms with van der Waals surface area (Å²) in [6.45, 7) is 5.20. The maximum atomic E-state index is 12.0. The minimum atomic E-state index is -0.146. The van der Waals surface area contributed by atoms with E-state index in [1.807, 2.05) is 13.8 Å². The molecule has 0 saturated heterocycles. The molecular weight excluding hydrogens is 342 g/mol. The van der Waals surface area contributed by atoms with Gasteiger partial charge < -0.3 is 20.4 Å². The zero-order valence-electron chi connectivity index (χ0n) is 14.5. The molecule has 2 aromatic rings. The van der Waals surface area contributed by atoms with Gasteiger partial charge in [0.15, 0.2) is 5.96 Å². The lowest BCUT2D eigenvalue weighted by atomic mass is 10.2. The Bertz CT molecular complexity index is 720. The molecule has 8 heteroatoms. The minimum absolute atomic E-state index is 0.146. The largest absolute Gasteiger partial charge is 0.444 e. The molecule has 1 aromatic carbocycles. The smallest absolute Gasteiger partial charge is 0.251 e. The molecule has 0 aliphatic rings. The van der Waals surface area contributed by atoms with E-state index in [1.54, 1.807) is 31.3 Å². The molecule has 0 aliphatic carbocycles. The van der Waals surface area contributed by atoms with Crippen molar-refractivity contribution < 1.29 is 9.21 Å². The highest BCUT2D eigenvalue weighted by molar-refractivity contribution is 6.30. The van der Waals surface area contributed by atoms with Crippen LogP contribution in [0.4, 0.5) is 0 Å². The summed E-state index contributed by atoms with van der Waals surface area (Å²) in [4.78, 5) is 20.4. The average molecular weight is 364 g/mol. The number of oxazole rings is 1. The summed E-state index contributed by atoms with van der Waals surface area (Å²) in [5.41, 5.74) is 1.45. The molecule has 0 aliphatic heterocycles. The maximum absolute atomic E-state index is 12.0. The molecular formula is C17H22ClN5O2. The molecule has 25 heavy (non-hydrogen) atoms. The van der Waals surface area contributed by atoms with E-state index in [1.165, 1.54) is 0 Å². The molecule has 0 spiro atoms. The van der Waals surface area contributed by atoms with E-state index in [2.05, 4.69) is 25.9 Å². The van der Waals surface area contributed by atoms with Crippen LogP contribution in [0.15, 0.2) is 33.7 Å². The van der Waals surface area contributed by atoms with Crippen LogP contribution >= 0.6 is 11.6 Å². The molecule has 0 fully saturated rings. The van der Waals surface area contributed by atoms with Crippen molar-refractivity contribution >= 4 is 23.5 Å². The van der Waals surface area contributed by atoms with Crippen molar-refractivity contribution in [3.05, 3.63) is 52.2 Å². The van der Waals surface area contributed by atoms with Crippen molar-refractivity contribution in [2.45, 2.75) is 20.4 Å². The highest BCUT2D eigenvalue weighted by Crippen LogP contribution is 2.09. The van der Waals surface area contributed by atoms with Gasteiger partial charge in [0.2, 0.25) is 5.89 Å². The normalized spacial score (nSPS) is 11.3. The monoisotopic (exact) mass is 363 g/mol. The predicted octanol–water partition coefficient (Wildman–Crippen LogP) is 2.04. The third kappa shape index (κ3) is 5.79. The fourth-order valence-electron chi connectivity index (χ4n) is 2.05. The fraction of sp³-hybridized carbons (Fsp3) is 0.353. The van der Waals surface area contributed by atoms with Crippen LogP contribution in [0.3, 0.4) is 0 Å². The highest BCUT2D eigenvalue weighted by atomic mass is 35.5. The summed E-state index contributed by atoms with van der Waals surface area (Å²) in [6, 6.07) is 6.75. The van der Waals surface area contributed by atoms with Crippen LogP contribution in [0.2, 0.25) is 5.02 Å². The summed E-state index contributed by atoms with van der Waals surface area (Å²) in [6.07, 6.45) is 0. The number of guanidine groups is 1. The summed E-state index contributed by atoms with van der Waals surface area (Å²) in [5, 5.41) is 9.64. The van der Waals surface area contributed by atoms with E-state index in [9.17, 15) is 4.79 Å². The maximum Gasteiger partial charge on any atom is 0.251 e. The molecule has 1 aromatic heterocycles. The van der Waals surface area contributed by atoms with Gasteiger partial charge in [-0.1, -0.05) is 11.6 Å². The van der Waals surface area contributed by atoms with E-state index in [0.717, 1.165) is 11.5 Å². The van der Waals surface area contributed by atoms with Crippen molar-refractivity contribution in [2.75, 3.05) is 20.1 Å². The van der Waals surface area contributed by atoms with Gasteiger partial charge in [0.25, 0.3) is 5.91 Å². The Kier molecular flexibility index (Phi) is 6.82. The lowest BCUT2D eigenvalue weighted by molar-refractivity contribution is 0.0954. The van der Waals surface area contributed by atoms with Crippen LogP contribution in [0.1, 0.15) is 27.7 Å². The standard InChI is InChI=1S/C17H22ClN5O2/c1-11-12(2)25-15(23-11)10-22-17(19-3)21-9-8-20-16(24)13-4-6-14(18)7-5-13/h4-7H,8-10H2,1-3H3,(H,20,24)(H2,19,21,22). The lowest BCUT2D eigenvalue weighted by Crippen LogP contribution is -2.41. The molecule has 1 heterocycles.